The summed E-state index contributed by atoms with van der Waals surface area (Å²) in [6.07, 6.45) is 3.90. The Kier molecular flexibility index (Phi) is 2.71. The molecule has 0 saturated heterocycles. The quantitative estimate of drug-likeness (QED) is 0.718. The molecule has 70 valence electrons. The molecule has 2 aliphatic carbocycles. The van der Waals surface area contributed by atoms with Gasteiger partial charge in [-0.1, -0.05) is 13.3 Å². The van der Waals surface area contributed by atoms with Crippen molar-refractivity contribution in [3.63, 3.8) is 0 Å². The normalized spacial score (nSPS) is 39.6. The van der Waals surface area contributed by atoms with Crippen LogP contribution in [0.15, 0.2) is 0 Å². The Morgan fingerprint density at radius 1 is 1.42 bits per heavy atom. The molecular weight excluding hydrogens is 172 g/mol. The largest absolute Gasteiger partial charge is 0.481 e. The van der Waals surface area contributed by atoms with E-state index in [9.17, 15) is 4.79 Å². The SMILES string of the molecule is C[C@H](C(=O)O)C1C2CCCC21.S. The summed E-state index contributed by atoms with van der Waals surface area (Å²) in [6, 6.07) is 0. The van der Waals surface area contributed by atoms with Crippen molar-refractivity contribution in [2.24, 2.45) is 23.7 Å². The van der Waals surface area contributed by atoms with Gasteiger partial charge in [0, 0.05) is 0 Å². The molecule has 2 nitrogen and oxygen atoms in total. The molecule has 0 aromatic heterocycles. The highest BCUT2D eigenvalue weighted by molar-refractivity contribution is 7.59. The molecule has 2 unspecified atom stereocenters. The van der Waals surface area contributed by atoms with Crippen LogP contribution in [0.1, 0.15) is 26.2 Å². The van der Waals surface area contributed by atoms with Gasteiger partial charge in [0.2, 0.25) is 0 Å². The van der Waals surface area contributed by atoms with E-state index in [0.29, 0.717) is 5.92 Å². The number of aliphatic carboxylic acids is 1. The third-order valence-corrected chi connectivity index (χ3v) is 3.44. The van der Waals surface area contributed by atoms with Gasteiger partial charge >= 0.3 is 5.97 Å². The van der Waals surface area contributed by atoms with Crippen molar-refractivity contribution < 1.29 is 9.90 Å². The second-order valence-electron chi connectivity index (χ2n) is 3.96. The predicted octanol–water partition coefficient (Wildman–Crippen LogP) is 1.87. The topological polar surface area (TPSA) is 37.3 Å². The van der Waals surface area contributed by atoms with Gasteiger partial charge in [0.25, 0.3) is 0 Å². The molecule has 3 heteroatoms. The zero-order valence-corrected chi connectivity index (χ0v) is 8.29. The summed E-state index contributed by atoms with van der Waals surface area (Å²) in [5, 5.41) is 8.75. The molecule has 0 radical (unpaired) electrons. The van der Waals surface area contributed by atoms with Crippen molar-refractivity contribution >= 4 is 19.5 Å². The van der Waals surface area contributed by atoms with Gasteiger partial charge in [0.1, 0.15) is 0 Å². The molecule has 0 aromatic carbocycles. The fourth-order valence-electron chi connectivity index (χ4n) is 2.78. The number of fused-ring (bicyclic) bond motifs is 1. The Morgan fingerprint density at radius 3 is 2.33 bits per heavy atom. The highest BCUT2D eigenvalue weighted by atomic mass is 32.1. The first-order valence-corrected chi connectivity index (χ1v) is 4.44. The minimum absolute atomic E-state index is 0. The third kappa shape index (κ3) is 1.35. The van der Waals surface area contributed by atoms with Gasteiger partial charge < -0.3 is 5.11 Å². The first kappa shape index (κ1) is 9.90. The van der Waals surface area contributed by atoms with E-state index in [1.54, 1.807) is 0 Å². The van der Waals surface area contributed by atoms with Crippen LogP contribution in [0.25, 0.3) is 0 Å². The molecule has 0 aromatic rings. The van der Waals surface area contributed by atoms with Crippen LogP contribution in [0.4, 0.5) is 0 Å². The van der Waals surface area contributed by atoms with Crippen molar-refractivity contribution in [1.29, 1.82) is 0 Å². The summed E-state index contributed by atoms with van der Waals surface area (Å²) in [5.74, 6) is 1.39. The zero-order valence-electron chi connectivity index (χ0n) is 7.29. The van der Waals surface area contributed by atoms with E-state index >= 15 is 0 Å². The first-order chi connectivity index (χ1) is 5.22. The lowest BCUT2D eigenvalue weighted by Crippen LogP contribution is -2.14. The van der Waals surface area contributed by atoms with Crippen LogP contribution >= 0.6 is 13.5 Å². The van der Waals surface area contributed by atoms with Crippen molar-refractivity contribution in [2.45, 2.75) is 26.2 Å². The molecular formula is C9H16O2S. The van der Waals surface area contributed by atoms with E-state index in [-0.39, 0.29) is 19.4 Å². The van der Waals surface area contributed by atoms with Gasteiger partial charge in [0.05, 0.1) is 5.92 Å². The van der Waals surface area contributed by atoms with Crippen molar-refractivity contribution in [1.82, 2.24) is 0 Å². The summed E-state index contributed by atoms with van der Waals surface area (Å²) in [6.45, 7) is 1.85. The van der Waals surface area contributed by atoms with Gasteiger partial charge in [-0.25, -0.2) is 0 Å². The molecule has 2 rings (SSSR count). The molecule has 0 spiro atoms. The zero-order chi connectivity index (χ0) is 8.01. The van der Waals surface area contributed by atoms with Gasteiger partial charge in [-0.05, 0) is 30.6 Å². The first-order valence-electron chi connectivity index (χ1n) is 4.44. The number of hydrogen-bond donors (Lipinski definition) is 1. The van der Waals surface area contributed by atoms with Crippen LogP contribution in [-0.4, -0.2) is 11.1 Å². The molecule has 2 aliphatic rings. The fourth-order valence-corrected chi connectivity index (χ4v) is 2.78. The van der Waals surface area contributed by atoms with Gasteiger partial charge in [-0.2, -0.15) is 13.5 Å². The van der Waals surface area contributed by atoms with Gasteiger partial charge in [0.15, 0.2) is 0 Å². The number of hydrogen-bond acceptors (Lipinski definition) is 1. The molecule has 2 fully saturated rings. The number of carboxylic acid groups (broad SMARTS) is 1. The van der Waals surface area contributed by atoms with Gasteiger partial charge in [-0.15, -0.1) is 0 Å². The molecule has 0 bridgehead atoms. The van der Waals surface area contributed by atoms with Gasteiger partial charge in [-0.3, -0.25) is 4.79 Å². The van der Waals surface area contributed by atoms with E-state index in [1.165, 1.54) is 19.3 Å². The number of rotatable bonds is 2. The number of carbonyl (C=O) groups is 1. The number of carboxylic acids is 1. The molecule has 0 amide bonds. The highest BCUT2D eigenvalue weighted by Gasteiger charge is 2.56. The van der Waals surface area contributed by atoms with Crippen molar-refractivity contribution in [3.8, 4) is 0 Å². The Morgan fingerprint density at radius 2 is 1.92 bits per heavy atom. The average Bonchev–Trinajstić information content (AvgIpc) is 2.41. The van der Waals surface area contributed by atoms with Crippen molar-refractivity contribution in [3.05, 3.63) is 0 Å². The molecule has 0 aliphatic heterocycles. The lowest BCUT2D eigenvalue weighted by Gasteiger charge is -2.06. The average molecular weight is 188 g/mol. The third-order valence-electron chi connectivity index (χ3n) is 3.44. The van der Waals surface area contributed by atoms with Crippen LogP contribution in [0.3, 0.4) is 0 Å². The standard InChI is InChI=1S/C9H14O2.H2S/c1-5(9(10)11)8-6-3-2-4-7(6)8;/h5-8H,2-4H2,1H3,(H,10,11);1H2/t5-,6?,7?,8?;/m0./s1. The van der Waals surface area contributed by atoms with Crippen LogP contribution in [0.5, 0.6) is 0 Å². The summed E-state index contributed by atoms with van der Waals surface area (Å²) < 4.78 is 0. The fraction of sp³-hybridized carbons (Fsp3) is 0.889. The maximum absolute atomic E-state index is 10.6. The Hall–Kier alpha value is -0.180. The predicted molar refractivity (Wildman–Crippen MR) is 51.5 cm³/mol. The van der Waals surface area contributed by atoms with E-state index < -0.39 is 5.97 Å². The second-order valence-corrected chi connectivity index (χ2v) is 3.96. The lowest BCUT2D eigenvalue weighted by molar-refractivity contribution is -0.142. The molecule has 3 atom stereocenters. The Bertz CT molecular complexity index is 183. The molecule has 1 N–H and O–H groups in total. The van der Waals surface area contributed by atoms with Crippen LogP contribution in [-0.2, 0) is 4.79 Å². The summed E-state index contributed by atoms with van der Waals surface area (Å²) >= 11 is 0. The monoisotopic (exact) mass is 188 g/mol. The smallest absolute Gasteiger partial charge is 0.306 e. The lowest BCUT2D eigenvalue weighted by atomic mass is 9.99. The molecule has 12 heavy (non-hydrogen) atoms. The Balaban J connectivity index is 0.000000720. The maximum Gasteiger partial charge on any atom is 0.306 e. The molecule has 0 heterocycles. The second kappa shape index (κ2) is 3.29. The molecule has 2 saturated carbocycles. The van der Waals surface area contributed by atoms with E-state index in [2.05, 4.69) is 0 Å². The summed E-state index contributed by atoms with van der Waals surface area (Å²) in [5.41, 5.74) is 0. The minimum Gasteiger partial charge on any atom is -0.481 e. The highest BCUT2D eigenvalue weighted by Crippen LogP contribution is 2.60. The Labute approximate surface area is 79.8 Å². The maximum atomic E-state index is 10.6. The van der Waals surface area contributed by atoms with Crippen LogP contribution < -0.4 is 0 Å². The van der Waals surface area contributed by atoms with E-state index in [1.807, 2.05) is 6.92 Å². The van der Waals surface area contributed by atoms with Crippen molar-refractivity contribution in [2.75, 3.05) is 0 Å². The van der Waals surface area contributed by atoms with Crippen LogP contribution in [0, 0.1) is 23.7 Å². The summed E-state index contributed by atoms with van der Waals surface area (Å²) in [7, 11) is 0. The summed E-state index contributed by atoms with van der Waals surface area (Å²) in [4.78, 5) is 10.6. The van der Waals surface area contributed by atoms with E-state index in [0.717, 1.165) is 11.8 Å². The van der Waals surface area contributed by atoms with E-state index in [4.69, 9.17) is 5.11 Å². The minimum atomic E-state index is -0.607. The van der Waals surface area contributed by atoms with Crippen LogP contribution in [0.2, 0.25) is 0 Å².